The molecule has 0 unspecified atom stereocenters. The molecule has 1 aliphatic carbocycles. The Labute approximate surface area is 158 Å². The van der Waals surface area contributed by atoms with Gasteiger partial charge in [-0.25, -0.2) is 4.68 Å². The number of aromatic nitrogens is 3. The van der Waals surface area contributed by atoms with Crippen LogP contribution in [0.5, 0.6) is 11.6 Å². The van der Waals surface area contributed by atoms with Crippen LogP contribution >= 0.6 is 0 Å². The molecule has 2 N–H and O–H groups in total. The summed E-state index contributed by atoms with van der Waals surface area (Å²) in [6.45, 7) is 0.548. The van der Waals surface area contributed by atoms with Gasteiger partial charge < -0.3 is 10.5 Å². The minimum atomic E-state index is 0.538. The summed E-state index contributed by atoms with van der Waals surface area (Å²) < 4.78 is 7.93. The van der Waals surface area contributed by atoms with Crippen LogP contribution in [0.2, 0.25) is 0 Å². The van der Waals surface area contributed by atoms with Crippen molar-refractivity contribution in [2.45, 2.75) is 25.2 Å². The van der Waals surface area contributed by atoms with Gasteiger partial charge >= 0.3 is 0 Å². The molecule has 0 aliphatic heterocycles. The van der Waals surface area contributed by atoms with Gasteiger partial charge in [0.1, 0.15) is 5.75 Å². The predicted molar refractivity (Wildman–Crippen MR) is 102 cm³/mol. The second-order valence-electron chi connectivity index (χ2n) is 6.78. The second kappa shape index (κ2) is 7.22. The Morgan fingerprint density at radius 3 is 2.85 bits per heavy atom. The summed E-state index contributed by atoms with van der Waals surface area (Å²) in [5.74, 6) is 1.80. The Bertz CT molecular complexity index is 1010. The molecular formula is C21H21N5O. The minimum absolute atomic E-state index is 0.538. The van der Waals surface area contributed by atoms with Crippen molar-refractivity contribution in [2.24, 2.45) is 12.8 Å². The van der Waals surface area contributed by atoms with E-state index in [1.165, 1.54) is 12.8 Å². The second-order valence-corrected chi connectivity index (χ2v) is 6.78. The third-order valence-electron chi connectivity index (χ3n) is 4.66. The van der Waals surface area contributed by atoms with E-state index < -0.39 is 0 Å². The molecule has 6 nitrogen and oxygen atoms in total. The molecular weight excluding hydrogens is 338 g/mol. The van der Waals surface area contributed by atoms with E-state index in [2.05, 4.69) is 11.2 Å². The van der Waals surface area contributed by atoms with E-state index in [1.807, 2.05) is 37.4 Å². The third-order valence-corrected chi connectivity index (χ3v) is 4.66. The number of nitriles is 1. The maximum Gasteiger partial charge on any atom is 0.217 e. The molecule has 3 aromatic rings. The molecule has 27 heavy (non-hydrogen) atoms. The Morgan fingerprint density at radius 2 is 2.11 bits per heavy atom. The van der Waals surface area contributed by atoms with E-state index >= 15 is 0 Å². The molecule has 1 fully saturated rings. The lowest BCUT2D eigenvalue weighted by Crippen LogP contribution is -2.04. The minimum Gasteiger partial charge on any atom is -0.439 e. The molecule has 2 heterocycles. The van der Waals surface area contributed by atoms with Crippen LogP contribution in [0.4, 0.5) is 0 Å². The van der Waals surface area contributed by atoms with Gasteiger partial charge in [0.15, 0.2) is 0 Å². The Kier molecular flexibility index (Phi) is 4.61. The molecule has 0 amide bonds. The van der Waals surface area contributed by atoms with Crippen molar-refractivity contribution in [3.8, 4) is 29.0 Å². The summed E-state index contributed by atoms with van der Waals surface area (Å²) >= 11 is 0. The van der Waals surface area contributed by atoms with Crippen LogP contribution in [0.15, 0.2) is 42.5 Å². The zero-order chi connectivity index (χ0) is 18.8. The van der Waals surface area contributed by atoms with Crippen LogP contribution in [0, 0.1) is 11.3 Å². The van der Waals surface area contributed by atoms with E-state index in [0.717, 1.165) is 22.6 Å². The molecule has 1 saturated carbocycles. The number of nitrogens with zero attached hydrogens (tertiary/aromatic N) is 4. The first-order valence-electron chi connectivity index (χ1n) is 9.10. The number of hydrogen-bond donors (Lipinski definition) is 1. The normalized spacial score (nSPS) is 13.4. The van der Waals surface area contributed by atoms with Crippen molar-refractivity contribution < 1.29 is 4.74 Å². The fraction of sp³-hybridized carbons (Fsp3) is 0.286. The van der Waals surface area contributed by atoms with Gasteiger partial charge in [-0.1, -0.05) is 6.07 Å². The molecule has 4 rings (SSSR count). The van der Waals surface area contributed by atoms with Gasteiger partial charge in [-0.2, -0.15) is 10.4 Å². The predicted octanol–water partition coefficient (Wildman–Crippen LogP) is 3.52. The highest BCUT2D eigenvalue weighted by molar-refractivity contribution is 5.69. The zero-order valence-corrected chi connectivity index (χ0v) is 15.2. The maximum absolute atomic E-state index is 9.29. The first kappa shape index (κ1) is 17.3. The zero-order valence-electron chi connectivity index (χ0n) is 15.2. The van der Waals surface area contributed by atoms with E-state index in [4.69, 9.17) is 15.5 Å². The van der Waals surface area contributed by atoms with Crippen LogP contribution < -0.4 is 10.5 Å². The summed E-state index contributed by atoms with van der Waals surface area (Å²) in [6.07, 6.45) is 3.08. The molecule has 0 bridgehead atoms. The number of rotatable bonds is 6. The van der Waals surface area contributed by atoms with E-state index in [1.54, 1.807) is 16.8 Å². The summed E-state index contributed by atoms with van der Waals surface area (Å²) in [5, 5.41) is 13.8. The molecule has 6 heteroatoms. The maximum atomic E-state index is 9.29. The van der Waals surface area contributed by atoms with Gasteiger partial charge in [-0.15, -0.1) is 0 Å². The van der Waals surface area contributed by atoms with Gasteiger partial charge in [-0.05, 0) is 49.7 Å². The first-order valence-corrected chi connectivity index (χ1v) is 9.10. The fourth-order valence-electron chi connectivity index (χ4n) is 3.06. The van der Waals surface area contributed by atoms with Crippen molar-refractivity contribution in [3.05, 3.63) is 59.4 Å². The van der Waals surface area contributed by atoms with Crippen molar-refractivity contribution in [2.75, 3.05) is 6.54 Å². The number of ether oxygens (including phenoxy) is 1. The number of aryl methyl sites for hydroxylation is 1. The molecule has 136 valence electrons. The molecule has 0 saturated heterocycles. The Hall–Kier alpha value is -3.17. The van der Waals surface area contributed by atoms with Gasteiger partial charge in [-0.3, -0.25) is 4.98 Å². The lowest BCUT2D eigenvalue weighted by atomic mass is 10.1. The van der Waals surface area contributed by atoms with Crippen LogP contribution in [-0.2, 0) is 13.5 Å². The number of nitrogens with two attached hydrogens (primary N) is 1. The standard InChI is InChI=1S/C21H21N5O/c1-26-21(12-19(25-26)15-6-7-15)27-20-11-14(13-23)5-8-17(20)18-4-2-3-16(24-18)9-10-22/h2-5,8,11-12,15H,6-7,9-10,22H2,1H3. The average molecular weight is 359 g/mol. The topological polar surface area (TPSA) is 89.8 Å². The quantitative estimate of drug-likeness (QED) is 0.727. The largest absolute Gasteiger partial charge is 0.439 e. The summed E-state index contributed by atoms with van der Waals surface area (Å²) in [7, 11) is 1.87. The van der Waals surface area contributed by atoms with Gasteiger partial charge in [0.05, 0.1) is 23.0 Å². The van der Waals surface area contributed by atoms with Crippen LogP contribution in [-0.4, -0.2) is 21.3 Å². The molecule has 2 aromatic heterocycles. The highest BCUT2D eigenvalue weighted by atomic mass is 16.5. The molecule has 0 radical (unpaired) electrons. The summed E-state index contributed by atoms with van der Waals surface area (Å²) in [4.78, 5) is 4.69. The van der Waals surface area contributed by atoms with Gasteiger partial charge in [0.25, 0.3) is 0 Å². The first-order chi connectivity index (χ1) is 13.2. The lowest BCUT2D eigenvalue weighted by molar-refractivity contribution is 0.431. The smallest absolute Gasteiger partial charge is 0.217 e. The molecule has 0 spiro atoms. The number of benzene rings is 1. The van der Waals surface area contributed by atoms with Crippen molar-refractivity contribution >= 4 is 0 Å². The Balaban J connectivity index is 1.73. The molecule has 1 aromatic carbocycles. The SMILES string of the molecule is Cn1nc(C2CC2)cc1Oc1cc(C#N)ccc1-c1cccc(CCN)n1. The number of hydrogen-bond acceptors (Lipinski definition) is 5. The van der Waals surface area contributed by atoms with Crippen molar-refractivity contribution in [3.63, 3.8) is 0 Å². The lowest BCUT2D eigenvalue weighted by Gasteiger charge is -2.12. The van der Waals surface area contributed by atoms with Gasteiger partial charge in [0, 0.05) is 36.7 Å². The summed E-state index contributed by atoms with van der Waals surface area (Å²) in [6, 6.07) is 15.4. The van der Waals surface area contributed by atoms with E-state index in [0.29, 0.717) is 36.1 Å². The van der Waals surface area contributed by atoms with Crippen molar-refractivity contribution in [1.82, 2.24) is 14.8 Å². The number of pyridine rings is 1. The third kappa shape index (κ3) is 3.69. The highest BCUT2D eigenvalue weighted by Crippen LogP contribution is 2.41. The van der Waals surface area contributed by atoms with Crippen molar-refractivity contribution in [1.29, 1.82) is 5.26 Å². The van der Waals surface area contributed by atoms with Gasteiger partial charge in [0.2, 0.25) is 5.88 Å². The van der Waals surface area contributed by atoms with E-state index in [-0.39, 0.29) is 0 Å². The van der Waals surface area contributed by atoms with Crippen LogP contribution in [0.25, 0.3) is 11.3 Å². The molecule has 1 aliphatic rings. The highest BCUT2D eigenvalue weighted by Gasteiger charge is 2.27. The van der Waals surface area contributed by atoms with Crippen LogP contribution in [0.1, 0.15) is 35.7 Å². The molecule has 0 atom stereocenters. The summed E-state index contributed by atoms with van der Waals surface area (Å²) in [5.41, 5.74) is 9.82. The monoisotopic (exact) mass is 359 g/mol. The van der Waals surface area contributed by atoms with E-state index in [9.17, 15) is 5.26 Å². The fourth-order valence-corrected chi connectivity index (χ4v) is 3.06. The Morgan fingerprint density at radius 1 is 1.26 bits per heavy atom. The van der Waals surface area contributed by atoms with Crippen LogP contribution in [0.3, 0.4) is 0 Å². The average Bonchev–Trinajstić information content (AvgIpc) is 3.47.